The minimum absolute atomic E-state index is 0.0742. The van der Waals surface area contributed by atoms with E-state index >= 15 is 0 Å². The van der Waals surface area contributed by atoms with Crippen molar-refractivity contribution in [2.75, 3.05) is 12.3 Å². The summed E-state index contributed by atoms with van der Waals surface area (Å²) in [5, 5.41) is 2.82. The second kappa shape index (κ2) is 6.87. The van der Waals surface area contributed by atoms with E-state index in [9.17, 15) is 18.0 Å². The zero-order valence-electron chi connectivity index (χ0n) is 15.0. The van der Waals surface area contributed by atoms with Gasteiger partial charge in [0.05, 0.1) is 5.75 Å². The van der Waals surface area contributed by atoms with E-state index in [1.54, 1.807) is 4.90 Å². The maximum atomic E-state index is 12.6. The maximum Gasteiger partial charge on any atom is 0.246 e. The van der Waals surface area contributed by atoms with E-state index in [0.29, 0.717) is 38.9 Å². The van der Waals surface area contributed by atoms with Gasteiger partial charge in [-0.3, -0.25) is 9.59 Å². The van der Waals surface area contributed by atoms with Crippen LogP contribution in [-0.4, -0.2) is 42.2 Å². The molecule has 2 heterocycles. The quantitative estimate of drug-likeness (QED) is 0.804. The summed E-state index contributed by atoms with van der Waals surface area (Å²) in [4.78, 5) is 26.1. The molecule has 0 bridgehead atoms. The van der Waals surface area contributed by atoms with Crippen molar-refractivity contribution < 1.29 is 18.0 Å². The first-order valence-corrected chi connectivity index (χ1v) is 10.5. The Morgan fingerprint density at radius 1 is 1.38 bits per heavy atom. The van der Waals surface area contributed by atoms with E-state index < -0.39 is 20.5 Å². The van der Waals surface area contributed by atoms with Gasteiger partial charge in [0.1, 0.15) is 4.75 Å². The van der Waals surface area contributed by atoms with Crippen molar-refractivity contribution in [1.29, 1.82) is 0 Å². The van der Waals surface area contributed by atoms with Gasteiger partial charge < -0.3 is 10.2 Å². The highest BCUT2D eigenvalue weighted by Crippen LogP contribution is 2.32. The molecule has 0 saturated carbocycles. The number of carbonyl (C=O) groups is 2. The molecule has 1 atom stereocenters. The Bertz CT molecular complexity index is 862. The van der Waals surface area contributed by atoms with Gasteiger partial charge >= 0.3 is 0 Å². The second-order valence-electron chi connectivity index (χ2n) is 7.10. The van der Waals surface area contributed by atoms with Crippen molar-refractivity contribution in [2.24, 2.45) is 0 Å². The normalized spacial score (nSPS) is 24.0. The average molecular weight is 376 g/mol. The third-order valence-electron chi connectivity index (χ3n) is 5.52. The minimum Gasteiger partial charge on any atom is -0.351 e. The van der Waals surface area contributed by atoms with Gasteiger partial charge in [-0.2, -0.15) is 0 Å². The molecule has 3 rings (SSSR count). The van der Waals surface area contributed by atoms with Crippen LogP contribution in [0.1, 0.15) is 36.5 Å². The number of hydrogen-bond donors (Lipinski definition) is 1. The number of amides is 2. The molecule has 1 saturated heterocycles. The summed E-state index contributed by atoms with van der Waals surface area (Å²) < 4.78 is 23.1. The monoisotopic (exact) mass is 376 g/mol. The van der Waals surface area contributed by atoms with Crippen LogP contribution in [0.15, 0.2) is 30.9 Å². The fourth-order valence-electron chi connectivity index (χ4n) is 3.77. The van der Waals surface area contributed by atoms with Crippen LogP contribution in [0.3, 0.4) is 0 Å². The summed E-state index contributed by atoms with van der Waals surface area (Å²) >= 11 is 0. The van der Waals surface area contributed by atoms with Gasteiger partial charge in [0.25, 0.3) is 0 Å². The molecule has 1 fully saturated rings. The van der Waals surface area contributed by atoms with Crippen LogP contribution in [0.2, 0.25) is 0 Å². The third kappa shape index (κ3) is 3.16. The number of hydrogen-bond acceptors (Lipinski definition) is 4. The number of rotatable bonds is 4. The van der Waals surface area contributed by atoms with Crippen LogP contribution in [0.25, 0.3) is 0 Å². The Balaban J connectivity index is 1.73. The second-order valence-corrected chi connectivity index (χ2v) is 9.64. The number of nitrogens with zero attached hydrogens (tertiary/aromatic N) is 1. The summed E-state index contributed by atoms with van der Waals surface area (Å²) in [6.45, 7) is 6.47. The number of carbonyl (C=O) groups excluding carboxylic acids is 2. The van der Waals surface area contributed by atoms with Gasteiger partial charge in [0.15, 0.2) is 9.84 Å². The van der Waals surface area contributed by atoms with Gasteiger partial charge in [-0.25, -0.2) is 8.42 Å². The van der Waals surface area contributed by atoms with Crippen molar-refractivity contribution >= 4 is 21.7 Å². The zero-order chi connectivity index (χ0) is 18.9. The van der Waals surface area contributed by atoms with Crippen molar-refractivity contribution in [3.05, 3.63) is 47.5 Å². The molecule has 1 unspecified atom stereocenters. The molecule has 1 N–H and O–H groups in total. The summed E-state index contributed by atoms with van der Waals surface area (Å²) in [7, 11) is -3.39. The van der Waals surface area contributed by atoms with E-state index in [1.807, 2.05) is 18.2 Å². The molecule has 1 aromatic carbocycles. The first-order valence-electron chi connectivity index (χ1n) is 8.80. The molecule has 1 aromatic rings. The molecular formula is C19H24N2O4S. The van der Waals surface area contributed by atoms with Crippen molar-refractivity contribution in [2.45, 2.75) is 44.0 Å². The Morgan fingerprint density at radius 3 is 2.81 bits per heavy atom. The summed E-state index contributed by atoms with van der Waals surface area (Å²) in [5.74, 6) is -0.439. The first kappa shape index (κ1) is 18.6. The Kier molecular flexibility index (Phi) is 4.92. The van der Waals surface area contributed by atoms with E-state index in [0.717, 1.165) is 16.7 Å². The van der Waals surface area contributed by atoms with Crippen molar-refractivity contribution in [3.8, 4) is 0 Å². The molecule has 0 aliphatic carbocycles. The standard InChI is InChI=1S/C19H24N2O4S/c1-3-17(22)21-10-8-16-14(6-4-7-15(16)13-21)12-20-18(23)19(2)9-5-11-26(19,24)25/h3-4,6-7H,1,5,8-13H2,2H3,(H,20,23). The molecule has 7 heteroatoms. The van der Waals surface area contributed by atoms with E-state index in [2.05, 4.69) is 11.9 Å². The largest absolute Gasteiger partial charge is 0.351 e. The van der Waals surface area contributed by atoms with E-state index in [1.165, 1.54) is 13.0 Å². The third-order valence-corrected chi connectivity index (χ3v) is 8.11. The molecule has 6 nitrogen and oxygen atoms in total. The lowest BCUT2D eigenvalue weighted by atomic mass is 9.94. The lowest BCUT2D eigenvalue weighted by molar-refractivity contribution is -0.127. The van der Waals surface area contributed by atoms with Gasteiger partial charge in [-0.05, 0) is 49.0 Å². The van der Waals surface area contributed by atoms with Gasteiger partial charge in [-0.1, -0.05) is 24.8 Å². The summed E-state index contributed by atoms with van der Waals surface area (Å²) in [6.07, 6.45) is 2.92. The highest BCUT2D eigenvalue weighted by atomic mass is 32.2. The fourth-order valence-corrected chi connectivity index (χ4v) is 5.55. The predicted molar refractivity (Wildman–Crippen MR) is 99.0 cm³/mol. The molecule has 140 valence electrons. The summed E-state index contributed by atoms with van der Waals surface area (Å²) in [5.41, 5.74) is 3.15. The molecule has 2 amide bonds. The SMILES string of the molecule is C=CC(=O)N1CCc2c(CNC(=O)C3(C)CCCS3(=O)=O)cccc2C1. The number of benzene rings is 1. The van der Waals surface area contributed by atoms with E-state index in [-0.39, 0.29) is 11.7 Å². The molecule has 2 aliphatic heterocycles. The lowest BCUT2D eigenvalue weighted by Crippen LogP contribution is -2.47. The van der Waals surface area contributed by atoms with Crippen LogP contribution in [-0.2, 0) is 38.9 Å². The van der Waals surface area contributed by atoms with Gasteiger partial charge in [-0.15, -0.1) is 0 Å². The number of fused-ring (bicyclic) bond motifs is 1. The molecule has 26 heavy (non-hydrogen) atoms. The van der Waals surface area contributed by atoms with Gasteiger partial charge in [0, 0.05) is 19.6 Å². The van der Waals surface area contributed by atoms with Crippen LogP contribution >= 0.6 is 0 Å². The predicted octanol–water partition coefficient (Wildman–Crippen LogP) is 1.34. The minimum atomic E-state index is -3.39. The molecule has 0 spiro atoms. The van der Waals surface area contributed by atoms with Crippen LogP contribution in [0.4, 0.5) is 0 Å². The van der Waals surface area contributed by atoms with Crippen molar-refractivity contribution in [1.82, 2.24) is 10.2 Å². The Hall–Kier alpha value is -2.15. The summed E-state index contributed by atoms with van der Waals surface area (Å²) in [6, 6.07) is 5.82. The van der Waals surface area contributed by atoms with Gasteiger partial charge in [0.2, 0.25) is 11.8 Å². The maximum absolute atomic E-state index is 12.6. The van der Waals surface area contributed by atoms with Crippen LogP contribution in [0.5, 0.6) is 0 Å². The average Bonchev–Trinajstić information content (AvgIpc) is 2.92. The Labute approximate surface area is 154 Å². The van der Waals surface area contributed by atoms with Crippen LogP contribution in [0, 0.1) is 0 Å². The topological polar surface area (TPSA) is 83.6 Å². The van der Waals surface area contributed by atoms with Crippen LogP contribution < -0.4 is 5.32 Å². The number of sulfone groups is 1. The fraction of sp³-hybridized carbons (Fsp3) is 0.474. The smallest absolute Gasteiger partial charge is 0.246 e. The molecule has 2 aliphatic rings. The zero-order valence-corrected chi connectivity index (χ0v) is 15.8. The lowest BCUT2D eigenvalue weighted by Gasteiger charge is -2.30. The Morgan fingerprint density at radius 2 is 2.15 bits per heavy atom. The molecule has 0 aromatic heterocycles. The highest BCUT2D eigenvalue weighted by Gasteiger charge is 2.49. The van der Waals surface area contributed by atoms with E-state index in [4.69, 9.17) is 0 Å². The first-order chi connectivity index (χ1) is 12.3. The molecule has 0 radical (unpaired) electrons. The molecular weight excluding hydrogens is 352 g/mol. The highest BCUT2D eigenvalue weighted by molar-refractivity contribution is 7.93. The van der Waals surface area contributed by atoms with Crippen molar-refractivity contribution in [3.63, 3.8) is 0 Å². The number of nitrogens with one attached hydrogen (secondary N) is 1.